The number of hydrogen-bond donors (Lipinski definition) is 0. The number of aryl methyl sites for hydroxylation is 1. The Balaban J connectivity index is 1.74. The first-order valence-corrected chi connectivity index (χ1v) is 12.2. The molecule has 1 fully saturated rings. The average Bonchev–Trinajstić information content (AvgIpc) is 2.98. The number of benzene rings is 2. The van der Waals surface area contributed by atoms with Gasteiger partial charge >= 0.3 is 5.97 Å². The van der Waals surface area contributed by atoms with Crippen LogP contribution in [0.4, 0.5) is 10.5 Å². The standard InChI is InChI=1S/C27H31NO4S/c1-16-12-20-21(27(5,6)11-10-26(20,3)4)15-22(16)28-23(24(30)33-25(28)31)14-18-8-7-9-19(13-18)32-17(2)29/h7-9,12-13,15,23H,10-11,14H2,1-6H3. The van der Waals surface area contributed by atoms with Gasteiger partial charge in [0.05, 0.1) is 0 Å². The van der Waals surface area contributed by atoms with E-state index in [2.05, 4.69) is 39.8 Å². The molecule has 2 aliphatic rings. The van der Waals surface area contributed by atoms with E-state index >= 15 is 0 Å². The number of nitrogens with zero attached hydrogens (tertiary/aromatic N) is 1. The molecule has 1 heterocycles. The fourth-order valence-electron chi connectivity index (χ4n) is 4.97. The lowest BCUT2D eigenvalue weighted by atomic mass is 9.63. The second-order valence-electron chi connectivity index (χ2n) is 10.5. The van der Waals surface area contributed by atoms with E-state index < -0.39 is 12.0 Å². The molecule has 174 valence electrons. The predicted octanol–water partition coefficient (Wildman–Crippen LogP) is 6.08. The Bertz CT molecular complexity index is 1150. The number of carbonyl (C=O) groups excluding carboxylic acids is 3. The second kappa shape index (κ2) is 8.32. The molecule has 5 nitrogen and oxygen atoms in total. The summed E-state index contributed by atoms with van der Waals surface area (Å²) in [6.45, 7) is 12.4. The summed E-state index contributed by atoms with van der Waals surface area (Å²) in [4.78, 5) is 38.9. The molecule has 1 aliphatic carbocycles. The molecule has 1 amide bonds. The molecule has 4 rings (SSSR count). The van der Waals surface area contributed by atoms with Crippen LogP contribution in [0, 0.1) is 6.92 Å². The summed E-state index contributed by atoms with van der Waals surface area (Å²) in [5.74, 6) is 0.0385. The van der Waals surface area contributed by atoms with E-state index in [0.717, 1.165) is 41.4 Å². The second-order valence-corrected chi connectivity index (χ2v) is 11.4. The molecule has 33 heavy (non-hydrogen) atoms. The Kier molecular flexibility index (Phi) is 5.94. The molecule has 0 radical (unpaired) electrons. The molecule has 2 aromatic carbocycles. The van der Waals surface area contributed by atoms with Gasteiger partial charge in [-0.15, -0.1) is 0 Å². The van der Waals surface area contributed by atoms with Crippen LogP contribution >= 0.6 is 11.8 Å². The SMILES string of the molecule is CC(=O)Oc1cccc(CC2C(=O)SC(=O)N2c2cc3c(cc2C)C(C)(C)CCC3(C)C)c1. The highest BCUT2D eigenvalue weighted by Gasteiger charge is 2.43. The van der Waals surface area contributed by atoms with Crippen molar-refractivity contribution in [1.82, 2.24) is 0 Å². The monoisotopic (exact) mass is 465 g/mol. The van der Waals surface area contributed by atoms with Gasteiger partial charge in [-0.1, -0.05) is 45.9 Å². The Morgan fingerprint density at radius 1 is 1.06 bits per heavy atom. The molecule has 0 bridgehead atoms. The summed E-state index contributed by atoms with van der Waals surface area (Å²) in [7, 11) is 0. The molecule has 2 aromatic rings. The number of amides is 1. The maximum absolute atomic E-state index is 13.0. The van der Waals surface area contributed by atoms with Gasteiger partial charge in [-0.05, 0) is 71.0 Å². The third kappa shape index (κ3) is 4.45. The van der Waals surface area contributed by atoms with E-state index in [1.165, 1.54) is 18.1 Å². The lowest BCUT2D eigenvalue weighted by molar-refractivity contribution is -0.131. The van der Waals surface area contributed by atoms with E-state index in [1.807, 2.05) is 13.0 Å². The molecule has 1 saturated heterocycles. The minimum absolute atomic E-state index is 0.00108. The van der Waals surface area contributed by atoms with Crippen molar-refractivity contribution in [3.05, 3.63) is 58.7 Å². The van der Waals surface area contributed by atoms with E-state index in [4.69, 9.17) is 4.74 Å². The van der Waals surface area contributed by atoms with E-state index in [1.54, 1.807) is 23.1 Å². The topological polar surface area (TPSA) is 63.7 Å². The zero-order chi connectivity index (χ0) is 24.1. The number of fused-ring (bicyclic) bond motifs is 1. The maximum atomic E-state index is 13.0. The Hall–Kier alpha value is -2.60. The summed E-state index contributed by atoms with van der Waals surface area (Å²) >= 11 is 0.774. The summed E-state index contributed by atoms with van der Waals surface area (Å²) in [6, 6.07) is 10.9. The third-order valence-corrected chi connectivity index (χ3v) is 7.83. The predicted molar refractivity (Wildman–Crippen MR) is 132 cm³/mol. The van der Waals surface area contributed by atoms with Crippen molar-refractivity contribution < 1.29 is 19.1 Å². The Morgan fingerprint density at radius 3 is 2.33 bits per heavy atom. The molecular formula is C27H31NO4S. The van der Waals surface area contributed by atoms with E-state index in [0.29, 0.717) is 12.2 Å². The van der Waals surface area contributed by atoms with Crippen LogP contribution in [0.2, 0.25) is 0 Å². The molecule has 0 aromatic heterocycles. The highest BCUT2D eigenvalue weighted by atomic mass is 32.2. The first kappa shape index (κ1) is 23.6. The molecule has 1 atom stereocenters. The number of thioether (sulfide) groups is 1. The lowest BCUT2D eigenvalue weighted by Gasteiger charge is -2.43. The molecular weight excluding hydrogens is 434 g/mol. The van der Waals surface area contributed by atoms with Crippen LogP contribution in [0.3, 0.4) is 0 Å². The highest BCUT2D eigenvalue weighted by molar-refractivity contribution is 8.27. The minimum atomic E-state index is -0.605. The van der Waals surface area contributed by atoms with Gasteiger partial charge in [0, 0.05) is 30.8 Å². The molecule has 0 saturated carbocycles. The van der Waals surface area contributed by atoms with Gasteiger partial charge in [-0.25, -0.2) is 0 Å². The lowest BCUT2D eigenvalue weighted by Crippen LogP contribution is -2.39. The first-order chi connectivity index (χ1) is 15.4. The van der Waals surface area contributed by atoms with E-state index in [9.17, 15) is 14.4 Å². The average molecular weight is 466 g/mol. The number of rotatable bonds is 4. The Labute approximate surface area is 199 Å². The Morgan fingerprint density at radius 2 is 1.70 bits per heavy atom. The van der Waals surface area contributed by atoms with E-state index in [-0.39, 0.29) is 21.2 Å². The van der Waals surface area contributed by atoms with Crippen molar-refractivity contribution in [2.24, 2.45) is 0 Å². The maximum Gasteiger partial charge on any atom is 0.308 e. The number of carbonyl (C=O) groups is 3. The zero-order valence-electron chi connectivity index (χ0n) is 20.2. The largest absolute Gasteiger partial charge is 0.427 e. The molecule has 6 heteroatoms. The van der Waals surface area contributed by atoms with Crippen LogP contribution in [-0.2, 0) is 26.8 Å². The highest BCUT2D eigenvalue weighted by Crippen LogP contribution is 2.48. The third-order valence-electron chi connectivity index (χ3n) is 6.99. The number of hydrogen-bond acceptors (Lipinski definition) is 5. The fourth-order valence-corrected chi connectivity index (χ4v) is 5.79. The molecule has 0 spiro atoms. The summed E-state index contributed by atoms with van der Waals surface area (Å²) in [5, 5.41) is -0.397. The van der Waals surface area contributed by atoms with Gasteiger partial charge in [0.25, 0.3) is 5.24 Å². The van der Waals surface area contributed by atoms with Crippen molar-refractivity contribution in [3.8, 4) is 5.75 Å². The van der Waals surface area contributed by atoms with Crippen LogP contribution in [-0.4, -0.2) is 22.4 Å². The van der Waals surface area contributed by atoms with Gasteiger partial charge in [0.2, 0.25) is 5.12 Å². The van der Waals surface area contributed by atoms with Gasteiger partial charge in [0.1, 0.15) is 11.8 Å². The summed E-state index contributed by atoms with van der Waals surface area (Å²) in [5.41, 5.74) is 5.31. The smallest absolute Gasteiger partial charge is 0.308 e. The first-order valence-electron chi connectivity index (χ1n) is 11.4. The van der Waals surface area contributed by atoms with Crippen molar-refractivity contribution in [3.63, 3.8) is 0 Å². The normalized spacial score (nSPS) is 21.2. The van der Waals surface area contributed by atoms with Crippen LogP contribution in [0.15, 0.2) is 36.4 Å². The van der Waals surface area contributed by atoms with Crippen LogP contribution < -0.4 is 9.64 Å². The minimum Gasteiger partial charge on any atom is -0.427 e. The quantitative estimate of drug-likeness (QED) is 0.404. The van der Waals surface area contributed by atoms with Crippen molar-refractivity contribution in [1.29, 1.82) is 0 Å². The van der Waals surface area contributed by atoms with Gasteiger partial charge in [0.15, 0.2) is 0 Å². The van der Waals surface area contributed by atoms with Gasteiger partial charge in [-0.2, -0.15) is 0 Å². The number of ether oxygens (including phenoxy) is 1. The fraction of sp³-hybridized carbons (Fsp3) is 0.444. The molecule has 1 aliphatic heterocycles. The van der Waals surface area contributed by atoms with Crippen molar-refractivity contribution >= 4 is 33.8 Å². The van der Waals surface area contributed by atoms with Gasteiger partial charge in [-0.3, -0.25) is 19.3 Å². The number of esters is 1. The van der Waals surface area contributed by atoms with Crippen LogP contribution in [0.25, 0.3) is 0 Å². The van der Waals surface area contributed by atoms with Crippen LogP contribution in [0.1, 0.15) is 69.7 Å². The van der Waals surface area contributed by atoms with Crippen molar-refractivity contribution in [2.75, 3.05) is 4.90 Å². The number of anilines is 1. The van der Waals surface area contributed by atoms with Crippen LogP contribution in [0.5, 0.6) is 5.75 Å². The molecule has 0 N–H and O–H groups in total. The summed E-state index contributed by atoms with van der Waals surface area (Å²) < 4.78 is 5.19. The summed E-state index contributed by atoms with van der Waals surface area (Å²) in [6.07, 6.45) is 2.55. The van der Waals surface area contributed by atoms with Gasteiger partial charge < -0.3 is 4.74 Å². The zero-order valence-corrected chi connectivity index (χ0v) is 21.0. The van der Waals surface area contributed by atoms with Crippen molar-refractivity contribution in [2.45, 2.75) is 77.7 Å². The molecule has 1 unspecified atom stereocenters.